The minimum atomic E-state index is -0.414. The summed E-state index contributed by atoms with van der Waals surface area (Å²) in [6, 6.07) is 14.7. The fourth-order valence-corrected chi connectivity index (χ4v) is 2.16. The van der Waals surface area contributed by atoms with Gasteiger partial charge in [-0.05, 0) is 18.1 Å². The van der Waals surface area contributed by atoms with Crippen molar-refractivity contribution in [3.05, 3.63) is 64.2 Å². The Labute approximate surface area is 121 Å². The molecule has 0 bridgehead atoms. The second-order valence-electron chi connectivity index (χ2n) is 4.71. The minimum absolute atomic E-state index is 0.0574. The maximum atomic E-state index is 10.7. The van der Waals surface area contributed by atoms with Crippen molar-refractivity contribution in [2.24, 2.45) is 0 Å². The zero-order chi connectivity index (χ0) is 14.7. The summed E-state index contributed by atoms with van der Waals surface area (Å²) in [7, 11) is 0. The number of fused-ring (bicyclic) bond motifs is 1. The van der Waals surface area contributed by atoms with Crippen molar-refractivity contribution in [2.75, 3.05) is 11.9 Å². The average Bonchev–Trinajstić information content (AvgIpc) is 2.90. The maximum Gasteiger partial charge on any atom is 0.271 e. The number of hydrogen-bond acceptors (Lipinski definition) is 4. The largest absolute Gasteiger partial charge is 0.355 e. The van der Waals surface area contributed by atoms with Crippen LogP contribution in [-0.4, -0.2) is 21.4 Å². The monoisotopic (exact) mass is 282 g/mol. The molecular weight excluding hydrogens is 268 g/mol. The van der Waals surface area contributed by atoms with Crippen molar-refractivity contribution < 1.29 is 4.92 Å². The SMILES string of the molecule is O=[N+]([O-])c1ccc2nc(NCCc3ccccc3)[nH]c2c1. The van der Waals surface area contributed by atoms with E-state index in [-0.39, 0.29) is 5.69 Å². The molecule has 1 aromatic heterocycles. The molecule has 0 radical (unpaired) electrons. The molecule has 0 aliphatic heterocycles. The van der Waals surface area contributed by atoms with Gasteiger partial charge in [-0.25, -0.2) is 4.98 Å². The molecule has 2 N–H and O–H groups in total. The zero-order valence-corrected chi connectivity index (χ0v) is 11.2. The first-order chi connectivity index (χ1) is 10.2. The molecule has 106 valence electrons. The third-order valence-corrected chi connectivity index (χ3v) is 3.23. The highest BCUT2D eigenvalue weighted by Gasteiger charge is 2.09. The number of nitrogens with one attached hydrogen (secondary N) is 2. The summed E-state index contributed by atoms with van der Waals surface area (Å²) in [5.41, 5.74) is 2.67. The first-order valence-corrected chi connectivity index (χ1v) is 6.64. The van der Waals surface area contributed by atoms with Crippen LogP contribution in [0.2, 0.25) is 0 Å². The summed E-state index contributed by atoms with van der Waals surface area (Å²) >= 11 is 0. The van der Waals surface area contributed by atoms with Crippen molar-refractivity contribution in [1.82, 2.24) is 9.97 Å². The van der Waals surface area contributed by atoms with Crippen LogP contribution in [0.1, 0.15) is 5.56 Å². The van der Waals surface area contributed by atoms with E-state index < -0.39 is 4.92 Å². The molecule has 6 nitrogen and oxygen atoms in total. The smallest absolute Gasteiger partial charge is 0.271 e. The van der Waals surface area contributed by atoms with Crippen LogP contribution >= 0.6 is 0 Å². The van der Waals surface area contributed by atoms with Gasteiger partial charge in [0, 0.05) is 18.7 Å². The van der Waals surface area contributed by atoms with Crippen molar-refractivity contribution in [2.45, 2.75) is 6.42 Å². The highest BCUT2D eigenvalue weighted by atomic mass is 16.6. The highest BCUT2D eigenvalue weighted by molar-refractivity contribution is 5.79. The van der Waals surface area contributed by atoms with Crippen LogP contribution in [0.25, 0.3) is 11.0 Å². The summed E-state index contributed by atoms with van der Waals surface area (Å²) in [5, 5.41) is 13.9. The number of anilines is 1. The lowest BCUT2D eigenvalue weighted by atomic mass is 10.1. The number of nitrogens with zero attached hydrogens (tertiary/aromatic N) is 2. The molecular formula is C15H14N4O2. The molecule has 0 amide bonds. The lowest BCUT2D eigenvalue weighted by Crippen LogP contribution is -2.05. The normalized spacial score (nSPS) is 10.7. The van der Waals surface area contributed by atoms with Crippen molar-refractivity contribution in [1.29, 1.82) is 0 Å². The molecule has 0 aliphatic rings. The lowest BCUT2D eigenvalue weighted by molar-refractivity contribution is -0.384. The summed E-state index contributed by atoms with van der Waals surface area (Å²) < 4.78 is 0. The Morgan fingerprint density at radius 1 is 1.19 bits per heavy atom. The van der Waals surface area contributed by atoms with Gasteiger partial charge in [0.1, 0.15) is 0 Å². The predicted molar refractivity (Wildman–Crippen MR) is 81.4 cm³/mol. The molecule has 3 rings (SSSR count). The van der Waals surface area contributed by atoms with E-state index in [1.807, 2.05) is 18.2 Å². The number of non-ortho nitro benzene ring substituents is 1. The molecule has 6 heteroatoms. The topological polar surface area (TPSA) is 83.8 Å². The number of benzene rings is 2. The molecule has 0 atom stereocenters. The fraction of sp³-hybridized carbons (Fsp3) is 0.133. The number of aromatic nitrogens is 2. The summed E-state index contributed by atoms with van der Waals surface area (Å²) in [5.74, 6) is 0.626. The Balaban J connectivity index is 1.68. The lowest BCUT2D eigenvalue weighted by Gasteiger charge is -2.02. The van der Waals surface area contributed by atoms with Gasteiger partial charge >= 0.3 is 0 Å². The third-order valence-electron chi connectivity index (χ3n) is 3.23. The Morgan fingerprint density at radius 3 is 2.76 bits per heavy atom. The number of H-pyrrole nitrogens is 1. The molecule has 0 saturated carbocycles. The second kappa shape index (κ2) is 5.62. The van der Waals surface area contributed by atoms with Crippen LogP contribution in [0, 0.1) is 10.1 Å². The maximum absolute atomic E-state index is 10.7. The fourth-order valence-electron chi connectivity index (χ4n) is 2.16. The van der Waals surface area contributed by atoms with E-state index in [0.29, 0.717) is 17.0 Å². The highest BCUT2D eigenvalue weighted by Crippen LogP contribution is 2.20. The van der Waals surface area contributed by atoms with Crippen LogP contribution in [0.5, 0.6) is 0 Å². The Hall–Kier alpha value is -2.89. The number of aromatic amines is 1. The van der Waals surface area contributed by atoms with Crippen LogP contribution < -0.4 is 5.32 Å². The number of rotatable bonds is 5. The molecule has 1 heterocycles. The van der Waals surface area contributed by atoms with Gasteiger partial charge in [0.2, 0.25) is 5.95 Å². The van der Waals surface area contributed by atoms with Crippen molar-refractivity contribution >= 4 is 22.7 Å². The van der Waals surface area contributed by atoms with Gasteiger partial charge in [-0.2, -0.15) is 0 Å². The van der Waals surface area contributed by atoms with Gasteiger partial charge in [-0.15, -0.1) is 0 Å². The Morgan fingerprint density at radius 2 is 2.00 bits per heavy atom. The van der Waals surface area contributed by atoms with Crippen molar-refractivity contribution in [3.8, 4) is 0 Å². The summed E-state index contributed by atoms with van der Waals surface area (Å²) in [6.45, 7) is 0.742. The van der Waals surface area contributed by atoms with Gasteiger partial charge in [-0.1, -0.05) is 30.3 Å². The number of imidazole rings is 1. The summed E-state index contributed by atoms with van der Waals surface area (Å²) in [4.78, 5) is 17.7. The average molecular weight is 282 g/mol. The third kappa shape index (κ3) is 3.00. The van der Waals surface area contributed by atoms with Gasteiger partial charge in [-0.3, -0.25) is 10.1 Å². The van der Waals surface area contributed by atoms with E-state index in [1.165, 1.54) is 17.7 Å². The molecule has 0 spiro atoms. The standard InChI is InChI=1S/C15H14N4O2/c20-19(21)12-6-7-13-14(10-12)18-15(17-13)16-9-8-11-4-2-1-3-5-11/h1-7,10H,8-9H2,(H2,16,17,18). The van der Waals surface area contributed by atoms with Crippen molar-refractivity contribution in [3.63, 3.8) is 0 Å². The molecule has 0 unspecified atom stereocenters. The first kappa shape index (κ1) is 13.1. The van der Waals surface area contributed by atoms with E-state index in [2.05, 4.69) is 27.4 Å². The van der Waals surface area contributed by atoms with Gasteiger partial charge < -0.3 is 10.3 Å². The number of nitro groups is 1. The molecule has 3 aromatic rings. The second-order valence-corrected chi connectivity index (χ2v) is 4.71. The van der Waals surface area contributed by atoms with E-state index in [0.717, 1.165) is 13.0 Å². The Kier molecular flexibility index (Phi) is 3.51. The van der Waals surface area contributed by atoms with Gasteiger partial charge in [0.05, 0.1) is 16.0 Å². The van der Waals surface area contributed by atoms with Gasteiger partial charge in [0.15, 0.2) is 0 Å². The summed E-state index contributed by atoms with van der Waals surface area (Å²) in [6.07, 6.45) is 0.887. The molecule has 0 saturated heterocycles. The predicted octanol–water partition coefficient (Wildman–Crippen LogP) is 3.13. The van der Waals surface area contributed by atoms with Crippen LogP contribution in [0.4, 0.5) is 11.6 Å². The van der Waals surface area contributed by atoms with Gasteiger partial charge in [0.25, 0.3) is 5.69 Å². The minimum Gasteiger partial charge on any atom is -0.355 e. The molecule has 0 fully saturated rings. The molecule has 0 aliphatic carbocycles. The van der Waals surface area contributed by atoms with E-state index >= 15 is 0 Å². The zero-order valence-electron chi connectivity index (χ0n) is 11.2. The molecule has 2 aromatic carbocycles. The van der Waals surface area contributed by atoms with E-state index in [4.69, 9.17) is 0 Å². The Bertz CT molecular complexity index is 768. The first-order valence-electron chi connectivity index (χ1n) is 6.64. The molecule has 21 heavy (non-hydrogen) atoms. The van der Waals surface area contributed by atoms with Crippen LogP contribution in [0.3, 0.4) is 0 Å². The quantitative estimate of drug-likeness (QED) is 0.556. The number of nitro benzene ring substituents is 1. The van der Waals surface area contributed by atoms with E-state index in [9.17, 15) is 10.1 Å². The van der Waals surface area contributed by atoms with Crippen LogP contribution in [0.15, 0.2) is 48.5 Å². The van der Waals surface area contributed by atoms with E-state index in [1.54, 1.807) is 6.07 Å². The number of hydrogen-bond donors (Lipinski definition) is 2. The van der Waals surface area contributed by atoms with Crippen LogP contribution in [-0.2, 0) is 6.42 Å².